The van der Waals surface area contributed by atoms with Crippen molar-refractivity contribution in [3.05, 3.63) is 59.7 Å². The standard InChI is InChI=1S/C14H13NO2/c15-9-10-2-1-3-13(8-10)11-4-6-12(7-5-11)14(16)17/h1-8H,9,15H2,(H,16,17). The summed E-state index contributed by atoms with van der Waals surface area (Å²) in [5.74, 6) is -0.910. The summed E-state index contributed by atoms with van der Waals surface area (Å²) in [4.78, 5) is 10.7. The van der Waals surface area contributed by atoms with Gasteiger partial charge in [-0.1, -0.05) is 30.3 Å². The summed E-state index contributed by atoms with van der Waals surface area (Å²) in [6.45, 7) is 0.501. The van der Waals surface area contributed by atoms with Crippen LogP contribution in [-0.2, 0) is 6.54 Å². The second-order valence-electron chi connectivity index (χ2n) is 3.79. The van der Waals surface area contributed by atoms with Gasteiger partial charge >= 0.3 is 5.97 Å². The minimum Gasteiger partial charge on any atom is -0.478 e. The van der Waals surface area contributed by atoms with Gasteiger partial charge < -0.3 is 10.8 Å². The van der Waals surface area contributed by atoms with Crippen LogP contribution in [0.4, 0.5) is 0 Å². The number of hydrogen-bond acceptors (Lipinski definition) is 2. The monoisotopic (exact) mass is 227 g/mol. The molecule has 0 amide bonds. The van der Waals surface area contributed by atoms with Gasteiger partial charge in [-0.05, 0) is 34.9 Å². The molecule has 0 aromatic heterocycles. The van der Waals surface area contributed by atoms with E-state index >= 15 is 0 Å². The number of nitrogens with two attached hydrogens (primary N) is 1. The van der Waals surface area contributed by atoms with Gasteiger partial charge in [0.05, 0.1) is 5.56 Å². The first-order valence-corrected chi connectivity index (χ1v) is 5.33. The van der Waals surface area contributed by atoms with Crippen molar-refractivity contribution >= 4 is 5.97 Å². The van der Waals surface area contributed by atoms with Crippen molar-refractivity contribution in [1.82, 2.24) is 0 Å². The first-order chi connectivity index (χ1) is 8.20. The molecule has 3 N–H and O–H groups in total. The quantitative estimate of drug-likeness (QED) is 0.846. The third-order valence-electron chi connectivity index (χ3n) is 2.63. The van der Waals surface area contributed by atoms with Crippen molar-refractivity contribution in [1.29, 1.82) is 0 Å². The van der Waals surface area contributed by atoms with Crippen molar-refractivity contribution in [2.75, 3.05) is 0 Å². The molecule has 2 aromatic carbocycles. The number of carboxylic acid groups (broad SMARTS) is 1. The van der Waals surface area contributed by atoms with E-state index < -0.39 is 5.97 Å². The maximum absolute atomic E-state index is 10.7. The maximum atomic E-state index is 10.7. The lowest BCUT2D eigenvalue weighted by molar-refractivity contribution is 0.0697. The number of hydrogen-bond donors (Lipinski definition) is 2. The smallest absolute Gasteiger partial charge is 0.335 e. The molecule has 0 saturated heterocycles. The summed E-state index contributed by atoms with van der Waals surface area (Å²) < 4.78 is 0. The lowest BCUT2D eigenvalue weighted by Crippen LogP contribution is -1.96. The van der Waals surface area contributed by atoms with Crippen LogP contribution in [0.2, 0.25) is 0 Å². The lowest BCUT2D eigenvalue weighted by atomic mass is 10.0. The highest BCUT2D eigenvalue weighted by atomic mass is 16.4. The third kappa shape index (κ3) is 2.52. The SMILES string of the molecule is NCc1cccc(-c2ccc(C(=O)O)cc2)c1. The van der Waals surface area contributed by atoms with Crippen LogP contribution in [-0.4, -0.2) is 11.1 Å². The highest BCUT2D eigenvalue weighted by Gasteiger charge is 2.03. The fourth-order valence-corrected chi connectivity index (χ4v) is 1.68. The Balaban J connectivity index is 2.36. The zero-order valence-corrected chi connectivity index (χ0v) is 9.26. The molecule has 0 fully saturated rings. The third-order valence-corrected chi connectivity index (χ3v) is 2.63. The molecular formula is C14H13NO2. The van der Waals surface area contributed by atoms with E-state index in [1.807, 2.05) is 24.3 Å². The molecule has 0 aliphatic carbocycles. The van der Waals surface area contributed by atoms with Gasteiger partial charge in [-0.2, -0.15) is 0 Å². The van der Waals surface area contributed by atoms with E-state index in [1.165, 1.54) is 0 Å². The molecule has 0 spiro atoms. The molecule has 86 valence electrons. The predicted octanol–water partition coefficient (Wildman–Crippen LogP) is 2.51. The number of benzene rings is 2. The Hall–Kier alpha value is -2.13. The highest BCUT2D eigenvalue weighted by molar-refractivity contribution is 5.88. The second-order valence-corrected chi connectivity index (χ2v) is 3.79. The van der Waals surface area contributed by atoms with E-state index in [2.05, 4.69) is 0 Å². The van der Waals surface area contributed by atoms with Gasteiger partial charge in [0.15, 0.2) is 0 Å². The Morgan fingerprint density at radius 2 is 1.76 bits per heavy atom. The minimum absolute atomic E-state index is 0.295. The molecule has 0 radical (unpaired) electrons. The number of aromatic carboxylic acids is 1. The van der Waals surface area contributed by atoms with Crippen LogP contribution in [0.1, 0.15) is 15.9 Å². The molecule has 0 aliphatic heterocycles. The van der Waals surface area contributed by atoms with Crippen molar-refractivity contribution in [2.45, 2.75) is 6.54 Å². The average molecular weight is 227 g/mol. The molecule has 17 heavy (non-hydrogen) atoms. The van der Waals surface area contributed by atoms with Crippen molar-refractivity contribution in [3.63, 3.8) is 0 Å². The van der Waals surface area contributed by atoms with Crippen LogP contribution >= 0.6 is 0 Å². The molecule has 0 aliphatic rings. The summed E-state index contributed by atoms with van der Waals surface area (Å²) >= 11 is 0. The normalized spacial score (nSPS) is 10.2. The van der Waals surface area contributed by atoms with Crippen LogP contribution in [0, 0.1) is 0 Å². The molecule has 0 atom stereocenters. The Labute approximate surface area is 99.5 Å². The molecule has 0 heterocycles. The van der Waals surface area contributed by atoms with Crippen molar-refractivity contribution in [3.8, 4) is 11.1 Å². The first-order valence-electron chi connectivity index (χ1n) is 5.33. The fourth-order valence-electron chi connectivity index (χ4n) is 1.68. The Kier molecular flexibility index (Phi) is 3.21. The van der Waals surface area contributed by atoms with Gasteiger partial charge in [-0.15, -0.1) is 0 Å². The molecule has 3 heteroatoms. The first kappa shape index (κ1) is 11.4. The molecule has 0 saturated carbocycles. The van der Waals surface area contributed by atoms with E-state index in [4.69, 9.17) is 10.8 Å². The van der Waals surface area contributed by atoms with Crippen LogP contribution in [0.3, 0.4) is 0 Å². The molecule has 3 nitrogen and oxygen atoms in total. The van der Waals surface area contributed by atoms with Gasteiger partial charge in [-0.25, -0.2) is 4.79 Å². The number of rotatable bonds is 3. The molecule has 2 rings (SSSR count). The summed E-state index contributed by atoms with van der Waals surface area (Å²) in [7, 11) is 0. The van der Waals surface area contributed by atoms with E-state index in [0.29, 0.717) is 12.1 Å². The number of carboxylic acids is 1. The fraction of sp³-hybridized carbons (Fsp3) is 0.0714. The van der Waals surface area contributed by atoms with Gasteiger partial charge in [0.25, 0.3) is 0 Å². The van der Waals surface area contributed by atoms with Crippen molar-refractivity contribution in [2.24, 2.45) is 5.73 Å². The lowest BCUT2D eigenvalue weighted by Gasteiger charge is -2.04. The number of carbonyl (C=O) groups is 1. The van der Waals surface area contributed by atoms with Crippen molar-refractivity contribution < 1.29 is 9.90 Å². The van der Waals surface area contributed by atoms with Crippen LogP contribution in [0.25, 0.3) is 11.1 Å². The highest BCUT2D eigenvalue weighted by Crippen LogP contribution is 2.20. The second kappa shape index (κ2) is 4.80. The molecule has 0 bridgehead atoms. The van der Waals surface area contributed by atoms with Crippen LogP contribution in [0.5, 0.6) is 0 Å². The van der Waals surface area contributed by atoms with Gasteiger partial charge in [0, 0.05) is 6.54 Å². The Morgan fingerprint density at radius 3 is 2.35 bits per heavy atom. The summed E-state index contributed by atoms with van der Waals surface area (Å²) in [5, 5.41) is 8.81. The predicted molar refractivity (Wildman–Crippen MR) is 66.7 cm³/mol. The molecular weight excluding hydrogens is 214 g/mol. The summed E-state index contributed by atoms with van der Waals surface area (Å²) in [6, 6.07) is 14.7. The summed E-state index contributed by atoms with van der Waals surface area (Å²) in [5.41, 5.74) is 8.98. The Morgan fingerprint density at radius 1 is 1.06 bits per heavy atom. The van der Waals surface area contributed by atoms with E-state index in [0.717, 1.165) is 16.7 Å². The summed E-state index contributed by atoms with van der Waals surface area (Å²) in [6.07, 6.45) is 0. The maximum Gasteiger partial charge on any atom is 0.335 e. The Bertz CT molecular complexity index is 532. The zero-order chi connectivity index (χ0) is 12.3. The van der Waals surface area contributed by atoms with E-state index in [9.17, 15) is 4.79 Å². The van der Waals surface area contributed by atoms with Gasteiger partial charge in [-0.3, -0.25) is 0 Å². The van der Waals surface area contributed by atoms with Crippen LogP contribution < -0.4 is 5.73 Å². The van der Waals surface area contributed by atoms with E-state index in [-0.39, 0.29) is 0 Å². The largest absolute Gasteiger partial charge is 0.478 e. The average Bonchev–Trinajstić information content (AvgIpc) is 2.39. The van der Waals surface area contributed by atoms with E-state index in [1.54, 1.807) is 24.3 Å². The topological polar surface area (TPSA) is 63.3 Å². The van der Waals surface area contributed by atoms with Gasteiger partial charge in [0.1, 0.15) is 0 Å². The molecule has 2 aromatic rings. The molecule has 0 unspecified atom stereocenters. The van der Waals surface area contributed by atoms with Gasteiger partial charge in [0.2, 0.25) is 0 Å². The minimum atomic E-state index is -0.910. The zero-order valence-electron chi connectivity index (χ0n) is 9.26. The van der Waals surface area contributed by atoms with Crippen LogP contribution in [0.15, 0.2) is 48.5 Å².